The predicted octanol–water partition coefficient (Wildman–Crippen LogP) is 3.87. The predicted molar refractivity (Wildman–Crippen MR) is 64.9 cm³/mol. The topological polar surface area (TPSA) is 17.1 Å². The summed E-state index contributed by atoms with van der Waals surface area (Å²) < 4.78 is 0. The molecule has 1 aromatic carbocycles. The molecule has 0 bridgehead atoms. The molecule has 1 heteroatoms. The Labute approximate surface area is 91.1 Å². The van der Waals surface area contributed by atoms with Crippen molar-refractivity contribution in [2.75, 3.05) is 0 Å². The third-order valence-electron chi connectivity index (χ3n) is 2.22. The van der Waals surface area contributed by atoms with Gasteiger partial charge in [-0.05, 0) is 24.5 Å². The van der Waals surface area contributed by atoms with E-state index in [2.05, 4.69) is 32.1 Å². The molecule has 1 aromatic rings. The SMILES string of the molecule is CC/C=C\C=C(/C)c1ccc(C=O)cc1. The maximum atomic E-state index is 10.5. The second-order valence-electron chi connectivity index (χ2n) is 3.43. The third-order valence-corrected chi connectivity index (χ3v) is 2.22. The molecular formula is C14H16O. The number of rotatable bonds is 4. The Morgan fingerprint density at radius 1 is 1.27 bits per heavy atom. The van der Waals surface area contributed by atoms with Crippen LogP contribution in [0.4, 0.5) is 0 Å². The van der Waals surface area contributed by atoms with Crippen molar-refractivity contribution < 1.29 is 4.79 Å². The molecule has 0 aliphatic carbocycles. The van der Waals surface area contributed by atoms with Crippen molar-refractivity contribution in [1.82, 2.24) is 0 Å². The molecule has 0 aliphatic rings. The molecule has 0 N–H and O–H groups in total. The van der Waals surface area contributed by atoms with Gasteiger partial charge in [-0.2, -0.15) is 0 Å². The molecule has 0 radical (unpaired) electrons. The molecule has 0 aromatic heterocycles. The quantitative estimate of drug-likeness (QED) is 0.532. The minimum atomic E-state index is 0.718. The first-order valence-corrected chi connectivity index (χ1v) is 5.17. The maximum Gasteiger partial charge on any atom is 0.150 e. The van der Waals surface area contributed by atoms with E-state index >= 15 is 0 Å². The van der Waals surface area contributed by atoms with Crippen LogP contribution in [-0.2, 0) is 0 Å². The van der Waals surface area contributed by atoms with Gasteiger partial charge in [-0.15, -0.1) is 0 Å². The average Bonchev–Trinajstić information content (AvgIpc) is 2.29. The van der Waals surface area contributed by atoms with Gasteiger partial charge in [0.2, 0.25) is 0 Å². The van der Waals surface area contributed by atoms with Gasteiger partial charge in [0.15, 0.2) is 0 Å². The molecule has 0 heterocycles. The smallest absolute Gasteiger partial charge is 0.150 e. The molecule has 0 atom stereocenters. The number of aldehydes is 1. The highest BCUT2D eigenvalue weighted by molar-refractivity contribution is 5.76. The summed E-state index contributed by atoms with van der Waals surface area (Å²) in [4.78, 5) is 10.5. The van der Waals surface area contributed by atoms with E-state index in [1.165, 1.54) is 5.57 Å². The first kappa shape index (κ1) is 11.4. The molecule has 0 unspecified atom stereocenters. The van der Waals surface area contributed by atoms with Crippen LogP contribution in [0.5, 0.6) is 0 Å². The van der Waals surface area contributed by atoms with Crippen molar-refractivity contribution in [2.45, 2.75) is 20.3 Å². The number of carbonyl (C=O) groups excluding carboxylic acids is 1. The molecule has 1 nitrogen and oxygen atoms in total. The Morgan fingerprint density at radius 3 is 2.47 bits per heavy atom. The summed E-state index contributed by atoms with van der Waals surface area (Å²) in [6, 6.07) is 7.61. The van der Waals surface area contributed by atoms with Crippen molar-refractivity contribution in [3.05, 3.63) is 53.6 Å². The highest BCUT2D eigenvalue weighted by Crippen LogP contribution is 2.14. The van der Waals surface area contributed by atoms with E-state index < -0.39 is 0 Å². The Balaban J connectivity index is 2.82. The maximum absolute atomic E-state index is 10.5. The zero-order chi connectivity index (χ0) is 11.1. The van der Waals surface area contributed by atoms with E-state index in [4.69, 9.17) is 0 Å². The summed E-state index contributed by atoms with van der Waals surface area (Å²) in [5, 5.41) is 0. The molecule has 78 valence electrons. The molecule has 15 heavy (non-hydrogen) atoms. The van der Waals surface area contributed by atoms with Gasteiger partial charge in [0.05, 0.1) is 0 Å². The largest absolute Gasteiger partial charge is 0.298 e. The number of allylic oxidation sites excluding steroid dienone is 4. The van der Waals surface area contributed by atoms with Crippen molar-refractivity contribution >= 4 is 11.9 Å². The van der Waals surface area contributed by atoms with E-state index in [0.29, 0.717) is 0 Å². The lowest BCUT2D eigenvalue weighted by Crippen LogP contribution is -1.82. The standard InChI is InChI=1S/C14H16O/c1-3-4-5-6-12(2)14-9-7-13(11-15)8-10-14/h4-11H,3H2,1-2H3/b5-4-,12-6+. The van der Waals surface area contributed by atoms with Crippen LogP contribution in [0.3, 0.4) is 0 Å². The van der Waals surface area contributed by atoms with Crippen LogP contribution < -0.4 is 0 Å². The fourth-order valence-electron chi connectivity index (χ4n) is 1.27. The van der Waals surface area contributed by atoms with Crippen molar-refractivity contribution in [2.24, 2.45) is 0 Å². The fraction of sp³-hybridized carbons (Fsp3) is 0.214. The second kappa shape index (κ2) is 5.97. The van der Waals surface area contributed by atoms with E-state index in [9.17, 15) is 4.79 Å². The van der Waals surface area contributed by atoms with Gasteiger partial charge >= 0.3 is 0 Å². The summed E-state index contributed by atoms with van der Waals surface area (Å²) in [5.41, 5.74) is 3.08. The molecule has 0 saturated heterocycles. The summed E-state index contributed by atoms with van der Waals surface area (Å²) in [6.45, 7) is 4.18. The zero-order valence-electron chi connectivity index (χ0n) is 9.23. The van der Waals surface area contributed by atoms with E-state index in [0.717, 1.165) is 23.8 Å². The summed E-state index contributed by atoms with van der Waals surface area (Å²) in [5.74, 6) is 0. The van der Waals surface area contributed by atoms with Gasteiger partial charge in [-0.1, -0.05) is 49.4 Å². The lowest BCUT2D eigenvalue weighted by molar-refractivity contribution is 0.112. The van der Waals surface area contributed by atoms with E-state index in [1.807, 2.05) is 24.3 Å². The van der Waals surface area contributed by atoms with Crippen LogP contribution in [-0.4, -0.2) is 6.29 Å². The van der Waals surface area contributed by atoms with Crippen molar-refractivity contribution in [3.63, 3.8) is 0 Å². The second-order valence-corrected chi connectivity index (χ2v) is 3.43. The first-order chi connectivity index (χ1) is 7.27. The minimum Gasteiger partial charge on any atom is -0.298 e. The van der Waals surface area contributed by atoms with Crippen LogP contribution in [0.15, 0.2) is 42.5 Å². The van der Waals surface area contributed by atoms with Crippen LogP contribution in [0.2, 0.25) is 0 Å². The number of carbonyl (C=O) groups is 1. The van der Waals surface area contributed by atoms with Gasteiger partial charge in [0.25, 0.3) is 0 Å². The normalized spacial score (nSPS) is 12.0. The van der Waals surface area contributed by atoms with Crippen molar-refractivity contribution in [3.8, 4) is 0 Å². The van der Waals surface area contributed by atoms with Crippen LogP contribution in [0.1, 0.15) is 36.2 Å². The molecule has 0 aliphatic heterocycles. The molecule has 0 saturated carbocycles. The van der Waals surface area contributed by atoms with Crippen molar-refractivity contribution in [1.29, 1.82) is 0 Å². The third kappa shape index (κ3) is 3.55. The Morgan fingerprint density at radius 2 is 1.93 bits per heavy atom. The van der Waals surface area contributed by atoms with Gasteiger partial charge in [0, 0.05) is 5.56 Å². The first-order valence-electron chi connectivity index (χ1n) is 5.17. The van der Waals surface area contributed by atoms with Gasteiger partial charge in [0.1, 0.15) is 6.29 Å². The summed E-state index contributed by atoms with van der Waals surface area (Å²) in [7, 11) is 0. The fourth-order valence-corrected chi connectivity index (χ4v) is 1.27. The zero-order valence-corrected chi connectivity index (χ0v) is 9.23. The van der Waals surface area contributed by atoms with E-state index in [-0.39, 0.29) is 0 Å². The highest BCUT2D eigenvalue weighted by Gasteiger charge is 1.94. The Kier molecular flexibility index (Phi) is 4.55. The van der Waals surface area contributed by atoms with Crippen LogP contribution in [0, 0.1) is 0 Å². The van der Waals surface area contributed by atoms with Gasteiger partial charge in [-0.3, -0.25) is 4.79 Å². The number of hydrogen-bond donors (Lipinski definition) is 0. The Bertz CT molecular complexity index is 369. The number of benzene rings is 1. The molecule has 0 fully saturated rings. The minimum absolute atomic E-state index is 0.718. The molecule has 0 amide bonds. The Hall–Kier alpha value is -1.63. The summed E-state index contributed by atoms with van der Waals surface area (Å²) in [6.07, 6.45) is 8.17. The van der Waals surface area contributed by atoms with Crippen LogP contribution in [0.25, 0.3) is 5.57 Å². The monoisotopic (exact) mass is 200 g/mol. The highest BCUT2D eigenvalue weighted by atomic mass is 16.1. The summed E-state index contributed by atoms with van der Waals surface area (Å²) >= 11 is 0. The molecule has 1 rings (SSSR count). The van der Waals surface area contributed by atoms with Gasteiger partial charge < -0.3 is 0 Å². The van der Waals surface area contributed by atoms with E-state index in [1.54, 1.807) is 0 Å². The molecule has 0 spiro atoms. The molecular weight excluding hydrogens is 184 g/mol. The van der Waals surface area contributed by atoms with Gasteiger partial charge in [-0.25, -0.2) is 0 Å². The van der Waals surface area contributed by atoms with Crippen LogP contribution >= 0.6 is 0 Å². The average molecular weight is 200 g/mol. The lowest BCUT2D eigenvalue weighted by Gasteiger charge is -2.00. The lowest BCUT2D eigenvalue weighted by atomic mass is 10.1. The number of hydrogen-bond acceptors (Lipinski definition) is 1.